The van der Waals surface area contributed by atoms with Gasteiger partial charge in [-0.3, -0.25) is 4.79 Å². The molecule has 2 aromatic carbocycles. The van der Waals surface area contributed by atoms with E-state index in [4.69, 9.17) is 0 Å². The zero-order valence-electron chi connectivity index (χ0n) is 11.6. The minimum absolute atomic E-state index is 0.00127. The van der Waals surface area contributed by atoms with E-state index >= 15 is 0 Å². The normalized spacial score (nSPS) is 11.9. The smallest absolute Gasteiger partial charge is 0.222 e. The van der Waals surface area contributed by atoms with E-state index < -0.39 is 6.10 Å². The molecule has 0 radical (unpaired) electrons. The van der Waals surface area contributed by atoms with E-state index in [1.54, 1.807) is 30.3 Å². The minimum Gasteiger partial charge on any atom is -0.388 e. The maximum Gasteiger partial charge on any atom is 0.222 e. The number of halogens is 1. The Bertz CT molecular complexity index is 586. The predicted molar refractivity (Wildman–Crippen MR) is 79.1 cm³/mol. The molecule has 1 unspecified atom stereocenters. The van der Waals surface area contributed by atoms with Crippen LogP contribution in [-0.4, -0.2) is 17.6 Å². The lowest BCUT2D eigenvalue weighted by Gasteiger charge is -2.11. The number of hydrogen-bond donors (Lipinski definition) is 2. The summed E-state index contributed by atoms with van der Waals surface area (Å²) in [6, 6.07) is 15.5. The highest BCUT2D eigenvalue weighted by Crippen LogP contribution is 2.15. The molecule has 2 aromatic rings. The van der Waals surface area contributed by atoms with E-state index in [9.17, 15) is 14.3 Å². The SMILES string of the molecule is O=C(CC(O)c1ccccc1)NCCc1ccccc1F. The lowest BCUT2D eigenvalue weighted by Crippen LogP contribution is -2.27. The Morgan fingerprint density at radius 2 is 1.76 bits per heavy atom. The minimum atomic E-state index is -0.820. The number of aliphatic hydroxyl groups excluding tert-OH is 1. The van der Waals surface area contributed by atoms with Crippen molar-refractivity contribution < 1.29 is 14.3 Å². The van der Waals surface area contributed by atoms with Crippen LogP contribution in [0.15, 0.2) is 54.6 Å². The summed E-state index contributed by atoms with van der Waals surface area (Å²) in [6.07, 6.45) is -0.388. The van der Waals surface area contributed by atoms with Gasteiger partial charge in [0, 0.05) is 6.54 Å². The van der Waals surface area contributed by atoms with Gasteiger partial charge in [-0.05, 0) is 23.6 Å². The largest absolute Gasteiger partial charge is 0.388 e. The topological polar surface area (TPSA) is 49.3 Å². The molecule has 2 N–H and O–H groups in total. The van der Waals surface area contributed by atoms with Crippen LogP contribution in [0.2, 0.25) is 0 Å². The highest BCUT2D eigenvalue weighted by Gasteiger charge is 2.12. The first-order chi connectivity index (χ1) is 10.2. The fourth-order valence-corrected chi connectivity index (χ4v) is 2.08. The molecule has 0 spiro atoms. The highest BCUT2D eigenvalue weighted by molar-refractivity contribution is 5.76. The van der Waals surface area contributed by atoms with Crippen LogP contribution in [0.5, 0.6) is 0 Å². The standard InChI is InChI=1S/C17H18FNO2/c18-15-9-5-4-6-13(15)10-11-19-17(21)12-16(20)14-7-2-1-3-8-14/h1-9,16,20H,10-12H2,(H,19,21). The summed E-state index contributed by atoms with van der Waals surface area (Å²) < 4.78 is 13.4. The van der Waals surface area contributed by atoms with Crippen LogP contribution in [0, 0.1) is 5.82 Å². The Morgan fingerprint density at radius 3 is 2.48 bits per heavy atom. The molecule has 0 saturated heterocycles. The van der Waals surface area contributed by atoms with Gasteiger partial charge in [0.15, 0.2) is 0 Å². The summed E-state index contributed by atoms with van der Waals surface area (Å²) in [5.74, 6) is -0.515. The molecule has 2 rings (SSSR count). The first-order valence-corrected chi connectivity index (χ1v) is 6.90. The Hall–Kier alpha value is -2.20. The van der Waals surface area contributed by atoms with Crippen LogP contribution in [0.3, 0.4) is 0 Å². The molecule has 1 atom stereocenters. The van der Waals surface area contributed by atoms with Gasteiger partial charge in [0.2, 0.25) is 5.91 Å². The molecule has 4 heteroatoms. The van der Waals surface area contributed by atoms with Gasteiger partial charge in [-0.2, -0.15) is 0 Å². The van der Waals surface area contributed by atoms with E-state index in [1.165, 1.54) is 6.07 Å². The molecular weight excluding hydrogens is 269 g/mol. The quantitative estimate of drug-likeness (QED) is 0.858. The summed E-state index contributed by atoms with van der Waals surface area (Å²) >= 11 is 0. The number of nitrogens with one attached hydrogen (secondary N) is 1. The van der Waals surface area contributed by atoms with Crippen molar-refractivity contribution in [2.75, 3.05) is 6.54 Å². The van der Waals surface area contributed by atoms with Crippen LogP contribution in [0.4, 0.5) is 4.39 Å². The number of hydrogen-bond acceptors (Lipinski definition) is 2. The van der Waals surface area contributed by atoms with Crippen molar-refractivity contribution in [3.8, 4) is 0 Å². The van der Waals surface area contributed by atoms with Gasteiger partial charge in [0.25, 0.3) is 0 Å². The van der Waals surface area contributed by atoms with Crippen LogP contribution in [0.1, 0.15) is 23.7 Å². The number of carbonyl (C=O) groups excluding carboxylic acids is 1. The lowest BCUT2D eigenvalue weighted by atomic mass is 10.1. The molecular formula is C17H18FNO2. The maximum atomic E-state index is 13.4. The highest BCUT2D eigenvalue weighted by atomic mass is 19.1. The molecule has 0 bridgehead atoms. The van der Waals surface area contributed by atoms with Gasteiger partial charge >= 0.3 is 0 Å². The van der Waals surface area contributed by atoms with Crippen molar-refractivity contribution in [1.29, 1.82) is 0 Å². The molecule has 0 fully saturated rings. The summed E-state index contributed by atoms with van der Waals surface area (Å²) in [7, 11) is 0. The third-order valence-electron chi connectivity index (χ3n) is 3.24. The number of aliphatic hydroxyl groups is 1. The molecule has 0 aliphatic rings. The predicted octanol–water partition coefficient (Wildman–Crippen LogP) is 2.61. The Morgan fingerprint density at radius 1 is 1.10 bits per heavy atom. The monoisotopic (exact) mass is 287 g/mol. The van der Waals surface area contributed by atoms with Gasteiger partial charge in [0.05, 0.1) is 12.5 Å². The Balaban J connectivity index is 1.76. The molecule has 1 amide bonds. The van der Waals surface area contributed by atoms with Crippen molar-refractivity contribution in [2.45, 2.75) is 18.9 Å². The Labute approximate surface area is 123 Å². The molecule has 0 heterocycles. The van der Waals surface area contributed by atoms with Crippen molar-refractivity contribution in [3.05, 3.63) is 71.5 Å². The molecule has 21 heavy (non-hydrogen) atoms. The van der Waals surface area contributed by atoms with E-state index in [-0.39, 0.29) is 18.1 Å². The zero-order valence-corrected chi connectivity index (χ0v) is 11.6. The molecule has 0 aromatic heterocycles. The van der Waals surface area contributed by atoms with Gasteiger partial charge in [-0.1, -0.05) is 48.5 Å². The van der Waals surface area contributed by atoms with Gasteiger partial charge in [-0.25, -0.2) is 4.39 Å². The summed E-state index contributed by atoms with van der Waals surface area (Å²) in [6.45, 7) is 0.348. The third kappa shape index (κ3) is 4.68. The van der Waals surface area contributed by atoms with Crippen molar-refractivity contribution in [2.24, 2.45) is 0 Å². The fourth-order valence-electron chi connectivity index (χ4n) is 2.08. The fraction of sp³-hybridized carbons (Fsp3) is 0.235. The number of amides is 1. The second-order valence-corrected chi connectivity index (χ2v) is 4.82. The average Bonchev–Trinajstić information content (AvgIpc) is 2.50. The first-order valence-electron chi connectivity index (χ1n) is 6.90. The van der Waals surface area contributed by atoms with E-state index in [0.29, 0.717) is 24.1 Å². The van der Waals surface area contributed by atoms with Crippen molar-refractivity contribution in [1.82, 2.24) is 5.32 Å². The number of carbonyl (C=O) groups is 1. The van der Waals surface area contributed by atoms with E-state index in [2.05, 4.69) is 5.32 Å². The van der Waals surface area contributed by atoms with Crippen molar-refractivity contribution in [3.63, 3.8) is 0 Å². The van der Waals surface area contributed by atoms with Gasteiger partial charge in [0.1, 0.15) is 5.82 Å². The van der Waals surface area contributed by atoms with Crippen LogP contribution in [-0.2, 0) is 11.2 Å². The van der Waals surface area contributed by atoms with Gasteiger partial charge < -0.3 is 10.4 Å². The molecule has 0 saturated carbocycles. The molecule has 3 nitrogen and oxygen atoms in total. The Kier molecular flexibility index (Phi) is 5.46. The van der Waals surface area contributed by atoms with Crippen LogP contribution >= 0.6 is 0 Å². The molecule has 110 valence electrons. The third-order valence-corrected chi connectivity index (χ3v) is 3.24. The first kappa shape index (κ1) is 15.2. The van der Waals surface area contributed by atoms with Crippen molar-refractivity contribution >= 4 is 5.91 Å². The zero-order chi connectivity index (χ0) is 15.1. The number of rotatable bonds is 6. The van der Waals surface area contributed by atoms with E-state index in [0.717, 1.165) is 0 Å². The second-order valence-electron chi connectivity index (χ2n) is 4.82. The average molecular weight is 287 g/mol. The van der Waals surface area contributed by atoms with Gasteiger partial charge in [-0.15, -0.1) is 0 Å². The number of benzene rings is 2. The maximum absolute atomic E-state index is 13.4. The molecule has 0 aliphatic heterocycles. The van der Waals surface area contributed by atoms with Crippen LogP contribution < -0.4 is 5.32 Å². The second kappa shape index (κ2) is 7.55. The summed E-state index contributed by atoms with van der Waals surface area (Å²) in [5.41, 5.74) is 1.28. The van der Waals surface area contributed by atoms with Crippen LogP contribution in [0.25, 0.3) is 0 Å². The van der Waals surface area contributed by atoms with E-state index in [1.807, 2.05) is 18.2 Å². The molecule has 0 aliphatic carbocycles. The summed E-state index contributed by atoms with van der Waals surface area (Å²) in [5, 5.41) is 12.6. The lowest BCUT2D eigenvalue weighted by molar-refractivity contribution is -0.123. The summed E-state index contributed by atoms with van der Waals surface area (Å²) in [4.78, 5) is 11.7.